The van der Waals surface area contributed by atoms with Crippen LogP contribution in [0.1, 0.15) is 23.6 Å². The monoisotopic (exact) mass is 237 g/mol. The second-order valence-corrected chi connectivity index (χ2v) is 4.19. The fraction of sp³-hybridized carbons (Fsp3) is 0.188. The molecule has 0 saturated carbocycles. The number of rotatable bonds is 3. The molecule has 2 aromatic carbocycles. The molecule has 0 radical (unpaired) electrons. The van der Waals surface area contributed by atoms with Crippen molar-refractivity contribution >= 4 is 0 Å². The fourth-order valence-corrected chi connectivity index (χ4v) is 1.70. The van der Waals surface area contributed by atoms with Gasteiger partial charge >= 0.3 is 0 Å². The molecule has 0 bridgehead atoms. The highest BCUT2D eigenvalue weighted by atomic mass is 16.5. The highest BCUT2D eigenvalue weighted by molar-refractivity contribution is 5.41. The van der Waals surface area contributed by atoms with Gasteiger partial charge in [-0.1, -0.05) is 19.1 Å². The molecule has 18 heavy (non-hydrogen) atoms. The first kappa shape index (κ1) is 12.2. The van der Waals surface area contributed by atoms with Crippen molar-refractivity contribution in [2.24, 2.45) is 0 Å². The van der Waals surface area contributed by atoms with Gasteiger partial charge in [-0.05, 0) is 54.8 Å². The number of nitriles is 1. The Bertz CT molecular complexity index is 579. The van der Waals surface area contributed by atoms with E-state index in [1.54, 1.807) is 12.1 Å². The standard InChI is InChI=1S/C16H15NO/c1-3-13-5-4-12(2)16(10-13)18-15-8-6-14(11-17)7-9-15/h4-10H,3H2,1-2H3. The Morgan fingerprint density at radius 3 is 2.44 bits per heavy atom. The molecular formula is C16H15NO. The maximum absolute atomic E-state index is 8.74. The van der Waals surface area contributed by atoms with Gasteiger partial charge in [0.2, 0.25) is 0 Å². The van der Waals surface area contributed by atoms with Crippen LogP contribution in [0.5, 0.6) is 11.5 Å². The summed E-state index contributed by atoms with van der Waals surface area (Å²) in [6, 6.07) is 15.5. The van der Waals surface area contributed by atoms with Crippen LogP contribution in [0.15, 0.2) is 42.5 Å². The molecule has 0 fully saturated rings. The fourth-order valence-electron chi connectivity index (χ4n) is 1.70. The van der Waals surface area contributed by atoms with Crippen LogP contribution in [-0.4, -0.2) is 0 Å². The lowest BCUT2D eigenvalue weighted by molar-refractivity contribution is 0.478. The Morgan fingerprint density at radius 1 is 1.11 bits per heavy atom. The number of hydrogen-bond acceptors (Lipinski definition) is 2. The van der Waals surface area contributed by atoms with Gasteiger partial charge < -0.3 is 4.74 Å². The zero-order valence-corrected chi connectivity index (χ0v) is 10.6. The largest absolute Gasteiger partial charge is 0.457 e. The molecule has 0 unspecified atom stereocenters. The van der Waals surface area contributed by atoms with Gasteiger partial charge in [0.1, 0.15) is 11.5 Å². The molecule has 2 heteroatoms. The first-order chi connectivity index (χ1) is 8.72. The van der Waals surface area contributed by atoms with E-state index in [4.69, 9.17) is 10.00 Å². The molecule has 0 aliphatic carbocycles. The van der Waals surface area contributed by atoms with Crippen LogP contribution in [0.4, 0.5) is 0 Å². The van der Waals surface area contributed by atoms with Gasteiger partial charge in [0.25, 0.3) is 0 Å². The molecule has 0 aromatic heterocycles. The quantitative estimate of drug-likeness (QED) is 0.800. The van der Waals surface area contributed by atoms with E-state index < -0.39 is 0 Å². The summed E-state index contributed by atoms with van der Waals surface area (Å²) in [5.74, 6) is 1.63. The van der Waals surface area contributed by atoms with Gasteiger partial charge in [-0.2, -0.15) is 5.26 Å². The van der Waals surface area contributed by atoms with E-state index in [0.717, 1.165) is 23.5 Å². The summed E-state index contributed by atoms with van der Waals surface area (Å²) in [4.78, 5) is 0. The summed E-state index contributed by atoms with van der Waals surface area (Å²) in [7, 11) is 0. The average Bonchev–Trinajstić information content (AvgIpc) is 2.42. The average molecular weight is 237 g/mol. The molecule has 0 atom stereocenters. The Labute approximate surface area is 107 Å². The van der Waals surface area contributed by atoms with Crippen LogP contribution in [0.3, 0.4) is 0 Å². The predicted molar refractivity (Wildman–Crippen MR) is 71.8 cm³/mol. The topological polar surface area (TPSA) is 33.0 Å². The summed E-state index contributed by atoms with van der Waals surface area (Å²) in [5.41, 5.74) is 3.00. The lowest BCUT2D eigenvalue weighted by atomic mass is 10.1. The maximum Gasteiger partial charge on any atom is 0.130 e. The van der Waals surface area contributed by atoms with Crippen LogP contribution in [0.25, 0.3) is 0 Å². The first-order valence-electron chi connectivity index (χ1n) is 6.00. The summed E-state index contributed by atoms with van der Waals surface area (Å²) < 4.78 is 5.84. The van der Waals surface area contributed by atoms with Gasteiger partial charge in [0.05, 0.1) is 11.6 Å². The molecular weight excluding hydrogens is 222 g/mol. The van der Waals surface area contributed by atoms with Crippen LogP contribution < -0.4 is 4.74 Å². The van der Waals surface area contributed by atoms with E-state index in [9.17, 15) is 0 Å². The summed E-state index contributed by atoms with van der Waals surface area (Å²) >= 11 is 0. The van der Waals surface area contributed by atoms with Crippen LogP contribution in [-0.2, 0) is 6.42 Å². The van der Waals surface area contributed by atoms with Gasteiger partial charge in [-0.15, -0.1) is 0 Å². The predicted octanol–water partition coefficient (Wildman–Crippen LogP) is 4.22. The van der Waals surface area contributed by atoms with Crippen molar-refractivity contribution in [2.75, 3.05) is 0 Å². The van der Waals surface area contributed by atoms with Gasteiger partial charge in [-0.3, -0.25) is 0 Å². The minimum Gasteiger partial charge on any atom is -0.457 e. The van der Waals surface area contributed by atoms with E-state index in [-0.39, 0.29) is 0 Å². The molecule has 2 rings (SSSR count). The molecule has 0 heterocycles. The van der Waals surface area contributed by atoms with E-state index in [0.29, 0.717) is 5.56 Å². The van der Waals surface area contributed by atoms with Crippen molar-refractivity contribution in [2.45, 2.75) is 20.3 Å². The Morgan fingerprint density at radius 2 is 1.83 bits per heavy atom. The van der Waals surface area contributed by atoms with Crippen molar-refractivity contribution in [3.05, 3.63) is 59.2 Å². The second-order valence-electron chi connectivity index (χ2n) is 4.19. The zero-order chi connectivity index (χ0) is 13.0. The van der Waals surface area contributed by atoms with Gasteiger partial charge in [0.15, 0.2) is 0 Å². The smallest absolute Gasteiger partial charge is 0.130 e. The summed E-state index contributed by atoms with van der Waals surface area (Å²) in [5, 5.41) is 8.74. The van der Waals surface area contributed by atoms with Crippen molar-refractivity contribution in [1.29, 1.82) is 5.26 Å². The molecule has 0 amide bonds. The lowest BCUT2D eigenvalue weighted by Crippen LogP contribution is -1.90. The molecule has 0 aliphatic rings. The van der Waals surface area contributed by atoms with Crippen molar-refractivity contribution < 1.29 is 4.74 Å². The number of aryl methyl sites for hydroxylation is 2. The van der Waals surface area contributed by atoms with Crippen LogP contribution in [0.2, 0.25) is 0 Å². The minimum atomic E-state index is 0.640. The van der Waals surface area contributed by atoms with E-state index >= 15 is 0 Å². The molecule has 90 valence electrons. The highest BCUT2D eigenvalue weighted by Crippen LogP contribution is 2.26. The first-order valence-corrected chi connectivity index (χ1v) is 6.00. The molecule has 0 N–H and O–H groups in total. The van der Waals surface area contributed by atoms with Crippen LogP contribution >= 0.6 is 0 Å². The second kappa shape index (κ2) is 5.37. The zero-order valence-electron chi connectivity index (χ0n) is 10.6. The molecule has 2 aromatic rings. The number of benzene rings is 2. The van der Waals surface area contributed by atoms with Crippen molar-refractivity contribution in [3.63, 3.8) is 0 Å². The lowest BCUT2D eigenvalue weighted by Gasteiger charge is -2.10. The third kappa shape index (κ3) is 2.70. The van der Waals surface area contributed by atoms with E-state index in [2.05, 4.69) is 31.2 Å². The third-order valence-electron chi connectivity index (χ3n) is 2.87. The van der Waals surface area contributed by atoms with Crippen molar-refractivity contribution in [3.8, 4) is 17.6 Å². The Kier molecular flexibility index (Phi) is 3.64. The Balaban J connectivity index is 2.25. The van der Waals surface area contributed by atoms with Gasteiger partial charge in [0, 0.05) is 0 Å². The highest BCUT2D eigenvalue weighted by Gasteiger charge is 2.03. The van der Waals surface area contributed by atoms with E-state index in [1.165, 1.54) is 5.56 Å². The molecule has 0 saturated heterocycles. The number of nitrogens with zero attached hydrogens (tertiary/aromatic N) is 1. The maximum atomic E-state index is 8.74. The summed E-state index contributed by atoms with van der Waals surface area (Å²) in [6.45, 7) is 4.15. The Hall–Kier alpha value is -2.27. The molecule has 0 spiro atoms. The van der Waals surface area contributed by atoms with Crippen LogP contribution in [0, 0.1) is 18.3 Å². The summed E-state index contributed by atoms with van der Waals surface area (Å²) in [6.07, 6.45) is 0.990. The normalized spacial score (nSPS) is 9.83. The third-order valence-corrected chi connectivity index (χ3v) is 2.87. The SMILES string of the molecule is CCc1ccc(C)c(Oc2ccc(C#N)cc2)c1. The number of ether oxygens (including phenoxy) is 1. The number of hydrogen-bond donors (Lipinski definition) is 0. The minimum absolute atomic E-state index is 0.640. The van der Waals surface area contributed by atoms with Crippen molar-refractivity contribution in [1.82, 2.24) is 0 Å². The molecule has 2 nitrogen and oxygen atoms in total. The van der Waals surface area contributed by atoms with Gasteiger partial charge in [-0.25, -0.2) is 0 Å². The van der Waals surface area contributed by atoms with E-state index in [1.807, 2.05) is 19.1 Å². The molecule has 0 aliphatic heterocycles.